The van der Waals surface area contributed by atoms with Crippen molar-refractivity contribution in [1.82, 2.24) is 0 Å². The van der Waals surface area contributed by atoms with Crippen LogP contribution in [0.2, 0.25) is 0 Å². The van der Waals surface area contributed by atoms with Crippen molar-refractivity contribution in [2.45, 2.75) is 0 Å². The maximum absolute atomic E-state index is 4.91. The minimum Gasteiger partial charge on any atom is 0 e. The summed E-state index contributed by atoms with van der Waals surface area (Å²) in [5.74, 6) is -1.46. The van der Waals surface area contributed by atoms with E-state index in [0.717, 1.165) is 0 Å². The molecule has 0 heterocycles. The molecule has 5 heteroatoms. The first kappa shape index (κ1) is 10.1. The largest absolute Gasteiger partial charge is 0.296 e. The average molecular weight is 335 g/mol. The molecule has 37 valence electrons. The fourth-order valence-electron chi connectivity index (χ4n) is 0. The van der Waals surface area contributed by atoms with Crippen LogP contribution in [0, 0.1) is 0 Å². The summed E-state index contributed by atoms with van der Waals surface area (Å²) in [7, 11) is 0. The molecule has 0 nitrogen and oxygen atoms in total. The van der Waals surface area contributed by atoms with Crippen LogP contribution in [0.5, 0.6) is 0 Å². The average Bonchev–Trinajstić information content (AvgIpc) is 0.811. The zero-order chi connectivity index (χ0) is 3.58. The fraction of sp³-hybridized carbons (Fsp3) is 0. The van der Waals surface area contributed by atoms with Gasteiger partial charge in [-0.25, -0.2) is 0 Å². The van der Waals surface area contributed by atoms with Crippen molar-refractivity contribution in [3.05, 3.63) is 0 Å². The van der Waals surface area contributed by atoms with Crippen molar-refractivity contribution in [2.75, 3.05) is 0 Å². The molecule has 0 aliphatic heterocycles. The molecule has 1 radical (unpaired) electrons. The van der Waals surface area contributed by atoms with Crippen molar-refractivity contribution in [3.8, 4) is 0 Å². The zero-order valence-electron chi connectivity index (χ0n) is 1.94. The molecular formula is HAuCl3P+. The number of hydrogen-bond acceptors (Lipinski definition) is 0. The van der Waals surface area contributed by atoms with Crippen LogP contribution in [-0.4, -0.2) is 0 Å². The van der Waals surface area contributed by atoms with Gasteiger partial charge >= 0.3 is 0 Å². The van der Waals surface area contributed by atoms with Crippen LogP contribution in [0.15, 0.2) is 0 Å². The normalized spacial score (nSPS) is 7.20. The van der Waals surface area contributed by atoms with Gasteiger partial charge in [0.15, 0.2) is 0 Å². The molecule has 0 spiro atoms. The molecule has 0 amide bonds. The van der Waals surface area contributed by atoms with Gasteiger partial charge in [-0.3, -0.25) is 0 Å². The Bertz CT molecular complexity index is 11.6. The van der Waals surface area contributed by atoms with Crippen molar-refractivity contribution < 1.29 is 22.4 Å². The van der Waals surface area contributed by atoms with Crippen LogP contribution < -0.4 is 0 Å². The van der Waals surface area contributed by atoms with Gasteiger partial charge in [-0.1, -0.05) is 0 Å². The van der Waals surface area contributed by atoms with Gasteiger partial charge in [0.1, 0.15) is 33.7 Å². The number of hydrogen-bond donors (Lipinski definition) is 0. The fourth-order valence-corrected chi connectivity index (χ4v) is 0. The van der Waals surface area contributed by atoms with Gasteiger partial charge in [-0.15, -0.1) is 0 Å². The topological polar surface area (TPSA) is 0 Å². The summed E-state index contributed by atoms with van der Waals surface area (Å²) in [4.78, 5) is 0. The molecule has 0 aromatic rings. The second kappa shape index (κ2) is 6.04. The van der Waals surface area contributed by atoms with Gasteiger partial charge in [0, 0.05) is 22.4 Å². The van der Waals surface area contributed by atoms with Gasteiger partial charge in [0.2, 0.25) is 0 Å². The molecule has 0 aromatic carbocycles. The molecule has 0 aromatic heterocycles. The molecule has 0 saturated carbocycles. The van der Waals surface area contributed by atoms with Crippen LogP contribution in [0.3, 0.4) is 0 Å². The predicted molar refractivity (Wildman–Crippen MR) is 25.9 cm³/mol. The van der Waals surface area contributed by atoms with Crippen LogP contribution in [0.1, 0.15) is 0 Å². The van der Waals surface area contributed by atoms with E-state index in [4.69, 9.17) is 33.7 Å². The van der Waals surface area contributed by atoms with Crippen LogP contribution in [-0.2, 0) is 22.4 Å². The molecule has 0 aliphatic rings. The van der Waals surface area contributed by atoms with E-state index in [2.05, 4.69) is 0 Å². The van der Waals surface area contributed by atoms with E-state index in [0.29, 0.717) is 0 Å². The molecule has 0 unspecified atom stereocenters. The molecule has 0 rings (SSSR count). The smallest absolute Gasteiger partial charge is 0 e. The van der Waals surface area contributed by atoms with Gasteiger partial charge in [0.25, 0.3) is 5.98 Å². The minimum absolute atomic E-state index is 0. The van der Waals surface area contributed by atoms with Gasteiger partial charge in [-0.05, 0) is 0 Å². The van der Waals surface area contributed by atoms with E-state index in [1.807, 2.05) is 0 Å². The van der Waals surface area contributed by atoms with E-state index in [1.54, 1.807) is 0 Å². The Hall–Kier alpha value is 2.04. The number of rotatable bonds is 0. The van der Waals surface area contributed by atoms with Crippen molar-refractivity contribution in [1.29, 1.82) is 0 Å². The van der Waals surface area contributed by atoms with E-state index < -0.39 is 5.98 Å². The standard InChI is InChI=1S/Au.Cl3P/c;1-4(2)3/p+1. The Kier molecular flexibility index (Phi) is 12.2. The molecular weight excluding hydrogens is 334 g/mol. The summed E-state index contributed by atoms with van der Waals surface area (Å²) in [6, 6.07) is 0. The molecule has 0 saturated heterocycles. The van der Waals surface area contributed by atoms with Crippen LogP contribution in [0.25, 0.3) is 0 Å². The Balaban J connectivity index is 0. The summed E-state index contributed by atoms with van der Waals surface area (Å²) >= 11 is 14.7. The monoisotopic (exact) mass is 334 g/mol. The van der Waals surface area contributed by atoms with Crippen molar-refractivity contribution in [3.63, 3.8) is 0 Å². The SMILES string of the molecule is Cl[PH+](Cl)Cl.[Au]. The quantitative estimate of drug-likeness (QED) is 0.472. The molecule has 0 atom stereocenters. The Labute approximate surface area is 61.8 Å². The summed E-state index contributed by atoms with van der Waals surface area (Å²) < 4.78 is 0. The molecule has 5 heavy (non-hydrogen) atoms. The van der Waals surface area contributed by atoms with Crippen molar-refractivity contribution >= 4 is 39.7 Å². The van der Waals surface area contributed by atoms with Gasteiger partial charge in [0.05, 0.1) is 0 Å². The van der Waals surface area contributed by atoms with E-state index in [9.17, 15) is 0 Å². The van der Waals surface area contributed by atoms with Gasteiger partial charge < -0.3 is 0 Å². The first-order chi connectivity index (χ1) is 1.73. The van der Waals surface area contributed by atoms with Crippen molar-refractivity contribution in [2.24, 2.45) is 0 Å². The summed E-state index contributed by atoms with van der Waals surface area (Å²) in [6.07, 6.45) is 0. The first-order valence-electron chi connectivity index (χ1n) is 0.567. The third kappa shape index (κ3) is 23.7. The van der Waals surface area contributed by atoms with Crippen LogP contribution in [0.4, 0.5) is 0 Å². The summed E-state index contributed by atoms with van der Waals surface area (Å²) in [5, 5.41) is 0. The molecule has 0 bridgehead atoms. The van der Waals surface area contributed by atoms with E-state index in [-0.39, 0.29) is 22.4 Å². The van der Waals surface area contributed by atoms with E-state index >= 15 is 0 Å². The van der Waals surface area contributed by atoms with E-state index in [1.165, 1.54) is 0 Å². The maximum Gasteiger partial charge on any atom is 0.296 e. The Morgan fingerprint density at radius 3 is 1.00 bits per heavy atom. The number of halogens is 3. The molecule has 0 N–H and O–H groups in total. The summed E-state index contributed by atoms with van der Waals surface area (Å²) in [6.45, 7) is 0. The zero-order valence-corrected chi connectivity index (χ0v) is 7.37. The third-order valence-electron chi connectivity index (χ3n) is 0. The Morgan fingerprint density at radius 1 is 1.00 bits per heavy atom. The first-order valence-corrected chi connectivity index (χ1v) is 5.10. The maximum atomic E-state index is 4.91. The van der Waals surface area contributed by atoms with Gasteiger partial charge in [-0.2, -0.15) is 0 Å². The minimum atomic E-state index is -1.46. The third-order valence-corrected chi connectivity index (χ3v) is 0. The predicted octanol–water partition coefficient (Wildman–Crippen LogP) is 2.66. The van der Waals surface area contributed by atoms with Crippen LogP contribution >= 0.6 is 39.7 Å². The Morgan fingerprint density at radius 2 is 1.00 bits per heavy atom. The second-order valence-electron chi connectivity index (χ2n) is 0.214. The summed E-state index contributed by atoms with van der Waals surface area (Å²) in [5.41, 5.74) is 0. The molecule has 0 aliphatic carbocycles. The second-order valence-corrected chi connectivity index (χ2v) is 5.79. The molecule has 0 fully saturated rings.